The van der Waals surface area contributed by atoms with Crippen molar-refractivity contribution in [3.8, 4) is 5.75 Å². The highest BCUT2D eigenvalue weighted by atomic mass is 19.4. The van der Waals surface area contributed by atoms with Crippen LogP contribution < -0.4 is 15.8 Å². The molecule has 1 fully saturated rings. The van der Waals surface area contributed by atoms with Gasteiger partial charge in [-0.3, -0.25) is 14.5 Å². The topological polar surface area (TPSA) is 108 Å². The molecule has 0 saturated heterocycles. The number of aromatic nitrogens is 4. The minimum Gasteiger partial charge on any atom is -0.406 e. The molecule has 1 aliphatic carbocycles. The second-order valence-electron chi connectivity index (χ2n) is 7.92. The van der Waals surface area contributed by atoms with Gasteiger partial charge in [0.1, 0.15) is 5.75 Å². The molecule has 8 nitrogen and oxygen atoms in total. The number of allylic oxidation sites excluding steroid dienone is 1. The van der Waals surface area contributed by atoms with Crippen molar-refractivity contribution in [1.82, 2.24) is 25.3 Å². The highest BCUT2D eigenvalue weighted by Crippen LogP contribution is 2.40. The molecule has 1 aromatic carbocycles. The van der Waals surface area contributed by atoms with Crippen molar-refractivity contribution in [3.05, 3.63) is 77.4 Å². The van der Waals surface area contributed by atoms with Crippen molar-refractivity contribution in [2.75, 3.05) is 0 Å². The van der Waals surface area contributed by atoms with E-state index in [9.17, 15) is 18.0 Å². The Bertz CT molecular complexity index is 1170. The molecular formula is C23H23F3N6O2. The number of nitrogens with zero attached hydrogens (tertiary/aromatic N) is 4. The van der Waals surface area contributed by atoms with E-state index in [-0.39, 0.29) is 18.0 Å². The maximum Gasteiger partial charge on any atom is 0.573 e. The van der Waals surface area contributed by atoms with Crippen LogP contribution in [0.15, 0.2) is 60.4 Å². The molecule has 2 heterocycles. The average Bonchev–Trinajstić information content (AvgIpc) is 3.53. The molecule has 4 rings (SSSR count). The fraction of sp³-hybridized carbons (Fsp3) is 0.304. The number of rotatable bonds is 9. The van der Waals surface area contributed by atoms with E-state index in [1.807, 2.05) is 18.2 Å². The van der Waals surface area contributed by atoms with Crippen molar-refractivity contribution in [3.63, 3.8) is 0 Å². The van der Waals surface area contributed by atoms with Crippen LogP contribution in [-0.4, -0.2) is 32.2 Å². The van der Waals surface area contributed by atoms with Gasteiger partial charge in [-0.15, -0.1) is 18.3 Å². The van der Waals surface area contributed by atoms with Crippen molar-refractivity contribution in [1.29, 1.82) is 0 Å². The number of aryl methyl sites for hydroxylation is 1. The molecule has 178 valence electrons. The fourth-order valence-corrected chi connectivity index (χ4v) is 3.55. The van der Waals surface area contributed by atoms with Gasteiger partial charge in [-0.25, -0.2) is 0 Å². The second kappa shape index (κ2) is 9.94. The Balaban J connectivity index is 1.34. The molecule has 0 radical (unpaired) electrons. The Kier molecular flexibility index (Phi) is 6.80. The summed E-state index contributed by atoms with van der Waals surface area (Å²) in [6, 6.07) is 11.0. The Morgan fingerprint density at radius 1 is 1.18 bits per heavy atom. The van der Waals surface area contributed by atoms with Crippen LogP contribution in [0, 0.1) is 5.92 Å². The summed E-state index contributed by atoms with van der Waals surface area (Å²) >= 11 is 0. The Morgan fingerprint density at radius 3 is 2.71 bits per heavy atom. The Hall–Kier alpha value is -3.89. The summed E-state index contributed by atoms with van der Waals surface area (Å²) in [5.74, 6) is -0.403. The molecule has 11 heteroatoms. The summed E-state index contributed by atoms with van der Waals surface area (Å²) in [4.78, 5) is 16.7. The predicted molar refractivity (Wildman–Crippen MR) is 117 cm³/mol. The molecule has 3 aromatic rings. The first-order chi connectivity index (χ1) is 16.3. The zero-order chi connectivity index (χ0) is 24.1. The van der Waals surface area contributed by atoms with E-state index in [1.54, 1.807) is 16.9 Å². The summed E-state index contributed by atoms with van der Waals surface area (Å²) in [5.41, 5.74) is 9.48. The first-order valence-corrected chi connectivity index (χ1v) is 10.7. The molecule has 1 saturated carbocycles. The van der Waals surface area contributed by atoms with Crippen LogP contribution in [0.5, 0.6) is 5.75 Å². The molecule has 0 bridgehead atoms. The molecule has 34 heavy (non-hydrogen) atoms. The van der Waals surface area contributed by atoms with Gasteiger partial charge in [-0.2, -0.15) is 0 Å². The maximum absolute atomic E-state index is 12.4. The van der Waals surface area contributed by atoms with E-state index < -0.39 is 12.3 Å². The smallest absolute Gasteiger partial charge is 0.406 e. The third-order valence-electron chi connectivity index (χ3n) is 5.32. The first kappa shape index (κ1) is 23.3. The fourth-order valence-electron chi connectivity index (χ4n) is 3.55. The lowest BCUT2D eigenvalue weighted by Gasteiger charge is -2.11. The number of pyridine rings is 1. The minimum atomic E-state index is -4.78. The number of nitrogens with one attached hydrogen (secondary N) is 1. The highest BCUT2D eigenvalue weighted by molar-refractivity contribution is 5.91. The number of alkyl halides is 3. The molecule has 0 spiro atoms. The van der Waals surface area contributed by atoms with E-state index in [2.05, 4.69) is 25.3 Å². The van der Waals surface area contributed by atoms with Crippen molar-refractivity contribution >= 4 is 11.6 Å². The predicted octanol–water partition coefficient (Wildman–Crippen LogP) is 3.67. The zero-order valence-electron chi connectivity index (χ0n) is 18.1. The van der Waals surface area contributed by atoms with Gasteiger partial charge in [-0.1, -0.05) is 23.4 Å². The molecule has 0 atom stereocenters. The van der Waals surface area contributed by atoms with Gasteiger partial charge in [0.25, 0.3) is 5.91 Å². The van der Waals surface area contributed by atoms with Crippen molar-refractivity contribution < 1.29 is 22.7 Å². The van der Waals surface area contributed by atoms with Gasteiger partial charge in [0.15, 0.2) is 5.69 Å². The molecule has 1 amide bonds. The third-order valence-corrected chi connectivity index (χ3v) is 5.32. The SMILES string of the molecule is N/C(=C(\CCn1cc(C(=O)NCc2cccc(OC(F)(F)F)c2)nn1)C1CC1)c1ccccn1. The summed E-state index contributed by atoms with van der Waals surface area (Å²) < 4.78 is 42.6. The van der Waals surface area contributed by atoms with Gasteiger partial charge in [0.05, 0.1) is 17.6 Å². The van der Waals surface area contributed by atoms with E-state index in [4.69, 9.17) is 5.73 Å². The normalized spacial score (nSPS) is 14.4. The number of hydrogen-bond acceptors (Lipinski definition) is 6. The third kappa shape index (κ3) is 6.33. The first-order valence-electron chi connectivity index (χ1n) is 10.7. The van der Waals surface area contributed by atoms with Gasteiger partial charge >= 0.3 is 6.36 Å². The number of carbonyl (C=O) groups excluding carboxylic acids is 1. The minimum absolute atomic E-state index is 0.00985. The highest BCUT2D eigenvalue weighted by Gasteiger charge is 2.31. The van der Waals surface area contributed by atoms with Crippen LogP contribution in [0.3, 0.4) is 0 Å². The lowest BCUT2D eigenvalue weighted by atomic mass is 10.0. The number of hydrogen-bond donors (Lipinski definition) is 2. The molecule has 2 aromatic heterocycles. The van der Waals surface area contributed by atoms with Gasteiger partial charge in [0, 0.05) is 19.3 Å². The summed E-state index contributed by atoms with van der Waals surface area (Å²) in [7, 11) is 0. The van der Waals surface area contributed by atoms with Crippen molar-refractivity contribution in [2.45, 2.75) is 38.7 Å². The molecule has 0 unspecified atom stereocenters. The quantitative estimate of drug-likeness (QED) is 0.492. The van der Waals surface area contributed by atoms with Gasteiger partial charge in [0.2, 0.25) is 0 Å². The second-order valence-corrected chi connectivity index (χ2v) is 7.92. The van der Waals surface area contributed by atoms with Crippen LogP contribution in [0.2, 0.25) is 0 Å². The number of ether oxygens (including phenoxy) is 1. The number of nitrogens with two attached hydrogens (primary N) is 1. The molecule has 1 aliphatic rings. The number of benzene rings is 1. The number of halogens is 3. The van der Waals surface area contributed by atoms with Crippen LogP contribution in [0.1, 0.15) is 41.0 Å². The molecule has 3 N–H and O–H groups in total. The lowest BCUT2D eigenvalue weighted by Crippen LogP contribution is -2.23. The number of carbonyl (C=O) groups is 1. The van der Waals surface area contributed by atoms with Crippen LogP contribution >= 0.6 is 0 Å². The summed E-state index contributed by atoms with van der Waals surface area (Å²) in [6.07, 6.45) is 1.28. The van der Waals surface area contributed by atoms with Gasteiger partial charge < -0.3 is 15.8 Å². The van der Waals surface area contributed by atoms with Crippen LogP contribution in [-0.2, 0) is 13.1 Å². The lowest BCUT2D eigenvalue weighted by molar-refractivity contribution is -0.274. The average molecular weight is 472 g/mol. The zero-order valence-corrected chi connectivity index (χ0v) is 18.1. The van der Waals surface area contributed by atoms with Gasteiger partial charge in [-0.05, 0) is 60.6 Å². The van der Waals surface area contributed by atoms with E-state index in [1.165, 1.54) is 24.4 Å². The van der Waals surface area contributed by atoms with Crippen LogP contribution in [0.4, 0.5) is 13.2 Å². The monoisotopic (exact) mass is 472 g/mol. The maximum atomic E-state index is 12.4. The van der Waals surface area contributed by atoms with Crippen LogP contribution in [0.25, 0.3) is 5.70 Å². The van der Waals surface area contributed by atoms with E-state index in [0.717, 1.165) is 24.1 Å². The summed E-state index contributed by atoms with van der Waals surface area (Å²) in [6.45, 7) is 0.506. The standard InChI is InChI=1S/C23H23F3N6O2/c24-23(25,26)34-17-5-3-4-15(12-17)13-29-22(33)20-14-32(31-30-20)11-9-18(16-7-8-16)21(27)19-6-1-2-10-28-19/h1-6,10,12,14,16H,7-9,11,13,27H2,(H,29,33)/b21-18+. The largest absolute Gasteiger partial charge is 0.573 e. The number of amides is 1. The molecule has 0 aliphatic heterocycles. The van der Waals surface area contributed by atoms with Crippen molar-refractivity contribution in [2.24, 2.45) is 11.7 Å². The Labute approximate surface area is 193 Å². The van der Waals surface area contributed by atoms with E-state index in [0.29, 0.717) is 30.1 Å². The van der Waals surface area contributed by atoms with E-state index >= 15 is 0 Å². The Morgan fingerprint density at radius 2 is 2.00 bits per heavy atom. The summed E-state index contributed by atoms with van der Waals surface area (Å²) in [5, 5.41) is 10.5. The molecular weight excluding hydrogens is 449 g/mol.